The molecule has 0 aliphatic carbocycles. The highest BCUT2D eigenvalue weighted by Gasteiger charge is 2.24. The second-order valence-electron chi connectivity index (χ2n) is 5.43. The molecule has 2 heterocycles. The van der Waals surface area contributed by atoms with E-state index in [9.17, 15) is 4.79 Å². The molecule has 1 N–H and O–H groups in total. The number of halogens is 1. The summed E-state index contributed by atoms with van der Waals surface area (Å²) in [6, 6.07) is 3.45. The zero-order valence-corrected chi connectivity index (χ0v) is 17.5. The summed E-state index contributed by atoms with van der Waals surface area (Å²) in [6.45, 7) is 3.89. The molecule has 24 heavy (non-hydrogen) atoms. The predicted octanol–water partition coefficient (Wildman–Crippen LogP) is 2.37. The van der Waals surface area contributed by atoms with Crippen molar-refractivity contribution in [3.8, 4) is 0 Å². The van der Waals surface area contributed by atoms with Gasteiger partial charge in [-0.25, -0.2) is 0 Å². The molecule has 1 saturated heterocycles. The lowest BCUT2D eigenvalue weighted by atomic mass is 10.3. The molecule has 1 aliphatic heterocycles. The number of hydrogen-bond donors (Lipinski definition) is 1. The van der Waals surface area contributed by atoms with Crippen LogP contribution in [0.25, 0.3) is 0 Å². The number of hydrogen-bond acceptors (Lipinski definition) is 4. The van der Waals surface area contributed by atoms with Crippen LogP contribution in [0.1, 0.15) is 23.4 Å². The number of thioether (sulfide) groups is 1. The van der Waals surface area contributed by atoms with Crippen molar-refractivity contribution in [3.63, 3.8) is 0 Å². The first kappa shape index (κ1) is 21.1. The summed E-state index contributed by atoms with van der Waals surface area (Å²) in [5.41, 5.74) is 0. The first-order valence-electron chi connectivity index (χ1n) is 8.03. The SMILES string of the molecule is CN=C(NCCCCSC)N1CCN(C(=O)c2ccco2)CC1.I. The Hall–Kier alpha value is -0.900. The van der Waals surface area contributed by atoms with Gasteiger partial charge in [-0.3, -0.25) is 9.79 Å². The highest BCUT2D eigenvalue weighted by atomic mass is 127. The number of nitrogens with one attached hydrogen (secondary N) is 1. The maximum absolute atomic E-state index is 12.2. The Labute approximate surface area is 165 Å². The van der Waals surface area contributed by atoms with E-state index in [1.165, 1.54) is 18.4 Å². The summed E-state index contributed by atoms with van der Waals surface area (Å²) in [5, 5.41) is 3.41. The maximum Gasteiger partial charge on any atom is 0.289 e. The van der Waals surface area contributed by atoms with Crippen LogP contribution in [0.3, 0.4) is 0 Å². The third-order valence-corrected chi connectivity index (χ3v) is 4.57. The van der Waals surface area contributed by atoms with Gasteiger partial charge >= 0.3 is 0 Å². The van der Waals surface area contributed by atoms with E-state index in [1.807, 2.05) is 23.7 Å². The highest BCUT2D eigenvalue weighted by Crippen LogP contribution is 2.09. The van der Waals surface area contributed by atoms with E-state index in [0.717, 1.165) is 32.0 Å². The van der Waals surface area contributed by atoms with Crippen LogP contribution in [0.15, 0.2) is 27.8 Å². The van der Waals surface area contributed by atoms with Crippen molar-refractivity contribution in [2.75, 3.05) is 51.8 Å². The number of nitrogens with zero attached hydrogens (tertiary/aromatic N) is 3. The lowest BCUT2D eigenvalue weighted by molar-refractivity contribution is 0.0658. The minimum atomic E-state index is -0.0327. The Morgan fingerprint density at radius 3 is 2.58 bits per heavy atom. The lowest BCUT2D eigenvalue weighted by Gasteiger charge is -2.36. The van der Waals surface area contributed by atoms with E-state index in [1.54, 1.807) is 12.1 Å². The van der Waals surface area contributed by atoms with Gasteiger partial charge in [0.25, 0.3) is 5.91 Å². The topological polar surface area (TPSA) is 61.1 Å². The van der Waals surface area contributed by atoms with Crippen molar-refractivity contribution in [1.82, 2.24) is 15.1 Å². The number of carbonyl (C=O) groups excluding carboxylic acids is 1. The zero-order chi connectivity index (χ0) is 16.5. The number of guanidine groups is 1. The number of furan rings is 1. The fourth-order valence-corrected chi connectivity index (χ4v) is 3.07. The van der Waals surface area contributed by atoms with Gasteiger partial charge in [0.2, 0.25) is 0 Å². The first-order chi connectivity index (χ1) is 11.3. The van der Waals surface area contributed by atoms with Crippen LogP contribution >= 0.6 is 35.7 Å². The Morgan fingerprint density at radius 2 is 2.00 bits per heavy atom. The van der Waals surface area contributed by atoms with Gasteiger partial charge in [0.1, 0.15) is 0 Å². The molecule has 1 aliphatic rings. The van der Waals surface area contributed by atoms with Crippen molar-refractivity contribution < 1.29 is 9.21 Å². The van der Waals surface area contributed by atoms with E-state index < -0.39 is 0 Å². The van der Waals surface area contributed by atoms with Gasteiger partial charge in [0, 0.05) is 39.8 Å². The number of aliphatic imine (C=N–C) groups is 1. The Bertz CT molecular complexity index is 502. The molecular weight excluding hydrogens is 439 g/mol. The zero-order valence-electron chi connectivity index (χ0n) is 14.4. The van der Waals surface area contributed by atoms with Crippen LogP contribution in [-0.2, 0) is 0 Å². The lowest BCUT2D eigenvalue weighted by Crippen LogP contribution is -2.53. The third kappa shape index (κ3) is 6.19. The molecule has 136 valence electrons. The minimum Gasteiger partial charge on any atom is -0.459 e. The van der Waals surface area contributed by atoms with E-state index in [-0.39, 0.29) is 29.9 Å². The molecule has 0 saturated carbocycles. The maximum atomic E-state index is 12.2. The number of amides is 1. The van der Waals surface area contributed by atoms with Crippen molar-refractivity contribution in [2.24, 2.45) is 4.99 Å². The smallest absolute Gasteiger partial charge is 0.289 e. The molecule has 2 rings (SSSR count). The fraction of sp³-hybridized carbons (Fsp3) is 0.625. The summed E-state index contributed by atoms with van der Waals surface area (Å²) < 4.78 is 5.19. The van der Waals surface area contributed by atoms with E-state index in [2.05, 4.69) is 21.5 Å². The van der Waals surface area contributed by atoms with Crippen LogP contribution in [0.4, 0.5) is 0 Å². The molecule has 0 bridgehead atoms. The Kier molecular flexibility index (Phi) is 10.2. The largest absolute Gasteiger partial charge is 0.459 e. The number of unbranched alkanes of at least 4 members (excludes halogenated alkanes) is 1. The molecular formula is C16H27IN4O2S. The van der Waals surface area contributed by atoms with E-state index in [4.69, 9.17) is 4.42 Å². The molecule has 8 heteroatoms. The Balaban J connectivity index is 0.00000288. The average molecular weight is 466 g/mol. The Morgan fingerprint density at radius 1 is 1.29 bits per heavy atom. The average Bonchev–Trinajstić information content (AvgIpc) is 3.12. The molecule has 0 atom stereocenters. The molecule has 0 aromatic carbocycles. The molecule has 0 radical (unpaired) electrons. The predicted molar refractivity (Wildman–Crippen MR) is 111 cm³/mol. The molecule has 1 fully saturated rings. The molecule has 0 spiro atoms. The standard InChI is InChI=1S/C16H26N4O2S.HI/c1-17-16(18-7-3-4-13-23-2)20-10-8-19(9-11-20)15(21)14-6-5-12-22-14;/h5-6,12H,3-4,7-11,13H2,1-2H3,(H,17,18);1H. The first-order valence-corrected chi connectivity index (χ1v) is 9.43. The second kappa shape index (κ2) is 11.6. The van der Waals surface area contributed by atoms with Crippen LogP contribution in [-0.4, -0.2) is 73.4 Å². The normalized spacial score (nSPS) is 15.2. The molecule has 1 aromatic rings. The van der Waals surface area contributed by atoms with Crippen molar-refractivity contribution in [3.05, 3.63) is 24.2 Å². The fourth-order valence-electron chi connectivity index (χ4n) is 2.58. The minimum absolute atomic E-state index is 0. The molecule has 6 nitrogen and oxygen atoms in total. The van der Waals surface area contributed by atoms with Gasteiger partial charge in [-0.2, -0.15) is 11.8 Å². The quantitative estimate of drug-likeness (QED) is 0.302. The van der Waals surface area contributed by atoms with Gasteiger partial charge in [0.05, 0.1) is 6.26 Å². The number of rotatable bonds is 6. The van der Waals surface area contributed by atoms with Crippen LogP contribution in [0, 0.1) is 0 Å². The monoisotopic (exact) mass is 466 g/mol. The van der Waals surface area contributed by atoms with Crippen LogP contribution < -0.4 is 5.32 Å². The highest BCUT2D eigenvalue weighted by molar-refractivity contribution is 14.0. The molecule has 0 unspecified atom stereocenters. The van der Waals surface area contributed by atoms with Gasteiger partial charge in [-0.05, 0) is 37.0 Å². The number of carbonyl (C=O) groups is 1. The second-order valence-corrected chi connectivity index (χ2v) is 6.42. The van der Waals surface area contributed by atoms with Crippen molar-refractivity contribution >= 4 is 47.6 Å². The summed E-state index contributed by atoms with van der Waals surface area (Å²) in [5.74, 6) is 2.51. The van der Waals surface area contributed by atoms with Gasteiger partial charge in [-0.15, -0.1) is 24.0 Å². The van der Waals surface area contributed by atoms with Crippen molar-refractivity contribution in [2.45, 2.75) is 12.8 Å². The summed E-state index contributed by atoms with van der Waals surface area (Å²) in [4.78, 5) is 20.6. The molecule has 1 amide bonds. The van der Waals surface area contributed by atoms with Crippen LogP contribution in [0.5, 0.6) is 0 Å². The summed E-state index contributed by atoms with van der Waals surface area (Å²) >= 11 is 1.88. The van der Waals surface area contributed by atoms with E-state index >= 15 is 0 Å². The van der Waals surface area contributed by atoms with Crippen molar-refractivity contribution in [1.29, 1.82) is 0 Å². The van der Waals surface area contributed by atoms with E-state index in [0.29, 0.717) is 18.8 Å². The van der Waals surface area contributed by atoms with Gasteiger partial charge < -0.3 is 19.5 Å². The molecule has 1 aromatic heterocycles. The van der Waals surface area contributed by atoms with Crippen LogP contribution in [0.2, 0.25) is 0 Å². The number of piperazine rings is 1. The van der Waals surface area contributed by atoms with Gasteiger partial charge in [0.15, 0.2) is 11.7 Å². The summed E-state index contributed by atoms with van der Waals surface area (Å²) in [7, 11) is 1.81. The van der Waals surface area contributed by atoms with Gasteiger partial charge in [-0.1, -0.05) is 0 Å². The summed E-state index contributed by atoms with van der Waals surface area (Å²) in [6.07, 6.45) is 6.04. The third-order valence-electron chi connectivity index (χ3n) is 3.87.